The van der Waals surface area contributed by atoms with Gasteiger partial charge in [-0.2, -0.15) is 4.31 Å². The van der Waals surface area contributed by atoms with Crippen LogP contribution in [0.1, 0.15) is 36.0 Å². The van der Waals surface area contributed by atoms with Gasteiger partial charge in [0.1, 0.15) is 0 Å². The summed E-state index contributed by atoms with van der Waals surface area (Å²) in [7, 11) is -3.15. The number of nitrogens with zero attached hydrogens (tertiary/aromatic N) is 3. The minimum absolute atomic E-state index is 0.0150. The molecule has 2 aliphatic heterocycles. The normalized spacial score (nSPS) is 28.8. The fourth-order valence-corrected chi connectivity index (χ4v) is 5.83. The van der Waals surface area contributed by atoms with Gasteiger partial charge >= 0.3 is 0 Å². The second kappa shape index (κ2) is 5.03. The second-order valence-corrected chi connectivity index (χ2v) is 8.47. The van der Waals surface area contributed by atoms with E-state index < -0.39 is 10.0 Å². The lowest BCUT2D eigenvalue weighted by Gasteiger charge is -2.25. The standard InChI is InChI=1S/C15H19N3O3S/c19-15(11-2-1-7-16-10-11)17-8-5-14-13(17)6-9-18(14)22(20,21)12-3-4-12/h1-2,7,10,12-14H,3-6,8-9H2/t13-,14+/m0/s1. The van der Waals surface area contributed by atoms with Gasteiger partial charge in [0.2, 0.25) is 10.0 Å². The lowest BCUT2D eigenvalue weighted by Crippen LogP contribution is -2.42. The van der Waals surface area contributed by atoms with Gasteiger partial charge in [0.15, 0.2) is 0 Å². The molecule has 118 valence electrons. The lowest BCUT2D eigenvalue weighted by atomic mass is 10.1. The van der Waals surface area contributed by atoms with Crippen LogP contribution in [-0.2, 0) is 10.0 Å². The predicted molar refractivity (Wildman–Crippen MR) is 80.7 cm³/mol. The van der Waals surface area contributed by atoms with Crippen LogP contribution in [0.15, 0.2) is 24.5 Å². The number of amides is 1. The largest absolute Gasteiger partial charge is 0.334 e. The minimum Gasteiger partial charge on any atom is -0.334 e. The first-order chi connectivity index (χ1) is 10.6. The monoisotopic (exact) mass is 321 g/mol. The Morgan fingerprint density at radius 3 is 2.59 bits per heavy atom. The van der Waals surface area contributed by atoms with Gasteiger partial charge in [0.05, 0.1) is 10.8 Å². The van der Waals surface area contributed by atoms with Crippen LogP contribution in [0.2, 0.25) is 0 Å². The van der Waals surface area contributed by atoms with Crippen LogP contribution in [-0.4, -0.2) is 58.9 Å². The van der Waals surface area contributed by atoms with Gasteiger partial charge in [-0.15, -0.1) is 0 Å². The fraction of sp³-hybridized carbons (Fsp3) is 0.600. The Balaban J connectivity index is 1.54. The van der Waals surface area contributed by atoms with Crippen molar-refractivity contribution in [3.63, 3.8) is 0 Å². The Morgan fingerprint density at radius 1 is 1.14 bits per heavy atom. The SMILES string of the molecule is O=C(c1cccnc1)N1CC[C@@H]2[C@@H]1CCN2S(=O)(=O)C1CC1. The summed E-state index contributed by atoms with van der Waals surface area (Å²) in [5.41, 5.74) is 0.576. The quantitative estimate of drug-likeness (QED) is 0.828. The second-order valence-electron chi connectivity index (χ2n) is 6.31. The van der Waals surface area contributed by atoms with Crippen molar-refractivity contribution in [3.05, 3.63) is 30.1 Å². The van der Waals surface area contributed by atoms with E-state index in [-0.39, 0.29) is 23.2 Å². The summed E-state index contributed by atoms with van der Waals surface area (Å²) in [6, 6.07) is 3.49. The molecule has 1 amide bonds. The Hall–Kier alpha value is -1.47. The van der Waals surface area contributed by atoms with Crippen molar-refractivity contribution in [2.45, 2.75) is 43.0 Å². The molecule has 1 aromatic heterocycles. The summed E-state index contributed by atoms with van der Waals surface area (Å²) in [5, 5.41) is -0.172. The Morgan fingerprint density at radius 2 is 1.91 bits per heavy atom. The summed E-state index contributed by atoms with van der Waals surface area (Å²) in [4.78, 5) is 18.4. The molecular weight excluding hydrogens is 302 g/mol. The number of pyridine rings is 1. The van der Waals surface area contributed by atoms with Crippen LogP contribution >= 0.6 is 0 Å². The molecule has 0 bridgehead atoms. The summed E-state index contributed by atoms with van der Waals surface area (Å²) >= 11 is 0. The molecule has 3 fully saturated rings. The van der Waals surface area contributed by atoms with Crippen molar-refractivity contribution in [3.8, 4) is 0 Å². The van der Waals surface area contributed by atoms with Crippen LogP contribution in [0.3, 0.4) is 0 Å². The lowest BCUT2D eigenvalue weighted by molar-refractivity contribution is 0.0734. The zero-order valence-corrected chi connectivity index (χ0v) is 13.1. The molecule has 1 aliphatic carbocycles. The molecule has 7 heteroatoms. The smallest absolute Gasteiger partial charge is 0.255 e. The third kappa shape index (κ3) is 2.14. The first kappa shape index (κ1) is 14.1. The Bertz CT molecular complexity index is 687. The molecule has 0 spiro atoms. The maximum Gasteiger partial charge on any atom is 0.255 e. The minimum atomic E-state index is -3.15. The molecule has 3 heterocycles. The van der Waals surface area contributed by atoms with Crippen molar-refractivity contribution in [1.29, 1.82) is 0 Å². The van der Waals surface area contributed by atoms with E-state index >= 15 is 0 Å². The average molecular weight is 321 g/mol. The molecule has 1 aromatic rings. The summed E-state index contributed by atoms with van der Waals surface area (Å²) in [6.45, 7) is 1.17. The van der Waals surface area contributed by atoms with E-state index in [0.29, 0.717) is 18.7 Å². The van der Waals surface area contributed by atoms with E-state index in [2.05, 4.69) is 4.98 Å². The molecule has 2 saturated heterocycles. The van der Waals surface area contributed by atoms with Gasteiger partial charge in [0.25, 0.3) is 5.91 Å². The first-order valence-electron chi connectivity index (χ1n) is 7.80. The van der Waals surface area contributed by atoms with E-state index in [1.165, 1.54) is 0 Å². The highest BCUT2D eigenvalue weighted by Crippen LogP contribution is 2.39. The van der Waals surface area contributed by atoms with Crippen LogP contribution in [0.4, 0.5) is 0 Å². The molecule has 0 N–H and O–H groups in total. The highest BCUT2D eigenvalue weighted by atomic mass is 32.2. The number of hydrogen-bond acceptors (Lipinski definition) is 4. The zero-order chi connectivity index (χ0) is 15.3. The molecule has 0 radical (unpaired) electrons. The van der Waals surface area contributed by atoms with E-state index in [1.54, 1.807) is 28.8 Å². The topological polar surface area (TPSA) is 70.6 Å². The van der Waals surface area contributed by atoms with E-state index in [9.17, 15) is 13.2 Å². The van der Waals surface area contributed by atoms with Gasteiger partial charge < -0.3 is 4.90 Å². The number of carbonyl (C=O) groups excluding carboxylic acids is 1. The highest BCUT2D eigenvalue weighted by molar-refractivity contribution is 7.90. The molecule has 4 rings (SSSR count). The van der Waals surface area contributed by atoms with Crippen molar-refractivity contribution < 1.29 is 13.2 Å². The van der Waals surface area contributed by atoms with Crippen molar-refractivity contribution in [2.75, 3.05) is 13.1 Å². The molecule has 0 aromatic carbocycles. The average Bonchev–Trinajstić information content (AvgIpc) is 3.18. The van der Waals surface area contributed by atoms with E-state index in [4.69, 9.17) is 0 Å². The number of fused-ring (bicyclic) bond motifs is 1. The number of aromatic nitrogens is 1. The van der Waals surface area contributed by atoms with Gasteiger partial charge in [-0.1, -0.05) is 0 Å². The third-order valence-electron chi connectivity index (χ3n) is 4.97. The van der Waals surface area contributed by atoms with Crippen LogP contribution in [0.5, 0.6) is 0 Å². The van der Waals surface area contributed by atoms with Gasteiger partial charge in [-0.3, -0.25) is 9.78 Å². The molecular formula is C15H19N3O3S. The summed E-state index contributed by atoms with van der Waals surface area (Å²) in [6.07, 6.45) is 6.26. The first-order valence-corrected chi connectivity index (χ1v) is 9.31. The predicted octanol–water partition coefficient (Wildman–Crippen LogP) is 0.863. The number of hydrogen-bond donors (Lipinski definition) is 0. The van der Waals surface area contributed by atoms with Gasteiger partial charge in [-0.25, -0.2) is 8.42 Å². The molecule has 22 heavy (non-hydrogen) atoms. The Labute approximate surface area is 130 Å². The number of carbonyl (C=O) groups is 1. The molecule has 2 atom stereocenters. The molecule has 6 nitrogen and oxygen atoms in total. The van der Waals surface area contributed by atoms with Gasteiger partial charge in [0, 0.05) is 37.6 Å². The summed E-state index contributed by atoms with van der Waals surface area (Å²) < 4.78 is 26.7. The number of rotatable bonds is 3. The van der Waals surface area contributed by atoms with Crippen LogP contribution < -0.4 is 0 Å². The zero-order valence-electron chi connectivity index (χ0n) is 12.3. The molecule has 3 aliphatic rings. The maximum atomic E-state index is 12.6. The van der Waals surface area contributed by atoms with E-state index in [0.717, 1.165) is 25.7 Å². The molecule has 1 saturated carbocycles. The van der Waals surface area contributed by atoms with Crippen molar-refractivity contribution >= 4 is 15.9 Å². The van der Waals surface area contributed by atoms with Gasteiger partial charge in [-0.05, 0) is 37.8 Å². The fourth-order valence-electron chi connectivity index (χ4n) is 3.73. The molecule has 0 unspecified atom stereocenters. The van der Waals surface area contributed by atoms with Crippen molar-refractivity contribution in [2.24, 2.45) is 0 Å². The Kier molecular flexibility index (Phi) is 3.23. The number of likely N-dealkylation sites (tertiary alicyclic amines) is 1. The summed E-state index contributed by atoms with van der Waals surface area (Å²) in [5.74, 6) is -0.0359. The van der Waals surface area contributed by atoms with Crippen molar-refractivity contribution in [1.82, 2.24) is 14.2 Å². The third-order valence-corrected chi connectivity index (χ3v) is 7.39. The maximum absolute atomic E-state index is 12.6. The highest BCUT2D eigenvalue weighted by Gasteiger charge is 2.52. The van der Waals surface area contributed by atoms with E-state index in [1.807, 2.05) is 4.90 Å². The van der Waals surface area contributed by atoms with Crippen LogP contribution in [0.25, 0.3) is 0 Å². The van der Waals surface area contributed by atoms with Crippen LogP contribution in [0, 0.1) is 0 Å². The number of sulfonamides is 1.